The van der Waals surface area contributed by atoms with E-state index in [1.807, 2.05) is 19.1 Å². The molecule has 0 spiro atoms. The van der Waals surface area contributed by atoms with E-state index >= 15 is 0 Å². The number of carbonyl (C=O) groups excluding carboxylic acids is 1. The minimum atomic E-state index is -0.357. The predicted molar refractivity (Wildman–Crippen MR) is 138 cm³/mol. The maximum Gasteiger partial charge on any atom is 0.271 e. The summed E-state index contributed by atoms with van der Waals surface area (Å²) in [4.78, 5) is 12.3. The summed E-state index contributed by atoms with van der Waals surface area (Å²) >= 11 is 20.4. The molecule has 0 aromatic heterocycles. The summed E-state index contributed by atoms with van der Waals surface area (Å²) in [5.74, 6) is 0.749. The summed E-state index contributed by atoms with van der Waals surface area (Å²) in [6.45, 7) is 2.12. The molecule has 0 heterocycles. The van der Waals surface area contributed by atoms with Gasteiger partial charge in [0.15, 0.2) is 11.5 Å². The standard InChI is InChI=1S/C23H18Cl3IN2O3/c1-13-3-4-15(9-18(13)25)23(30)29-28-11-14-7-20(27)22(21(8-14)31-2)32-12-16-5-6-17(24)10-19(16)26/h3-11H,12H2,1-2H3,(H,29,30)/b28-11-. The second kappa shape index (κ2) is 11.2. The molecule has 3 aromatic carbocycles. The van der Waals surface area contributed by atoms with E-state index in [0.717, 1.165) is 20.3 Å². The number of hydrogen-bond acceptors (Lipinski definition) is 4. The van der Waals surface area contributed by atoms with Gasteiger partial charge in [-0.3, -0.25) is 4.79 Å². The summed E-state index contributed by atoms with van der Waals surface area (Å²) in [5, 5.41) is 5.65. The highest BCUT2D eigenvalue weighted by atomic mass is 127. The van der Waals surface area contributed by atoms with Gasteiger partial charge in [-0.2, -0.15) is 5.10 Å². The largest absolute Gasteiger partial charge is 0.493 e. The Morgan fingerprint density at radius 3 is 2.56 bits per heavy atom. The molecule has 3 rings (SSSR count). The third-order valence-corrected chi connectivity index (χ3v) is 6.25. The van der Waals surface area contributed by atoms with Crippen LogP contribution in [0.1, 0.15) is 27.0 Å². The van der Waals surface area contributed by atoms with Gasteiger partial charge in [0.25, 0.3) is 5.91 Å². The minimum absolute atomic E-state index is 0.255. The van der Waals surface area contributed by atoms with E-state index in [1.165, 1.54) is 6.21 Å². The van der Waals surface area contributed by atoms with E-state index in [1.54, 1.807) is 43.5 Å². The van der Waals surface area contributed by atoms with E-state index in [9.17, 15) is 4.79 Å². The molecule has 0 saturated carbocycles. The molecule has 0 fully saturated rings. The van der Waals surface area contributed by atoms with Crippen molar-refractivity contribution in [2.75, 3.05) is 7.11 Å². The maximum atomic E-state index is 12.3. The van der Waals surface area contributed by atoms with Crippen molar-refractivity contribution in [3.63, 3.8) is 0 Å². The molecule has 0 aliphatic carbocycles. The van der Waals surface area contributed by atoms with Crippen LogP contribution < -0.4 is 14.9 Å². The number of hydrogen-bond donors (Lipinski definition) is 1. The van der Waals surface area contributed by atoms with Crippen LogP contribution in [0.3, 0.4) is 0 Å². The average molecular weight is 604 g/mol. The normalized spacial score (nSPS) is 10.9. The smallest absolute Gasteiger partial charge is 0.271 e. The number of halogens is 4. The lowest BCUT2D eigenvalue weighted by atomic mass is 10.1. The number of rotatable bonds is 7. The third kappa shape index (κ3) is 6.28. The van der Waals surface area contributed by atoms with Gasteiger partial charge in [0.1, 0.15) is 6.61 Å². The van der Waals surface area contributed by atoms with Gasteiger partial charge in [-0.1, -0.05) is 46.9 Å². The van der Waals surface area contributed by atoms with Crippen molar-refractivity contribution >= 4 is 69.5 Å². The molecular formula is C23H18Cl3IN2O3. The fourth-order valence-electron chi connectivity index (χ4n) is 2.71. The molecule has 0 aliphatic heterocycles. The van der Waals surface area contributed by atoms with Crippen molar-refractivity contribution in [3.8, 4) is 11.5 Å². The van der Waals surface area contributed by atoms with Gasteiger partial charge in [-0.05, 0) is 77.0 Å². The fourth-order valence-corrected chi connectivity index (χ4v) is 4.13. The van der Waals surface area contributed by atoms with Gasteiger partial charge in [0.2, 0.25) is 0 Å². The summed E-state index contributed by atoms with van der Waals surface area (Å²) < 4.78 is 12.2. The second-order valence-corrected chi connectivity index (χ2v) is 9.13. The van der Waals surface area contributed by atoms with Gasteiger partial charge >= 0.3 is 0 Å². The fraction of sp³-hybridized carbons (Fsp3) is 0.130. The van der Waals surface area contributed by atoms with Crippen LogP contribution in [-0.4, -0.2) is 19.2 Å². The van der Waals surface area contributed by atoms with Crippen LogP contribution in [0.2, 0.25) is 15.1 Å². The van der Waals surface area contributed by atoms with Crippen LogP contribution in [0.15, 0.2) is 53.6 Å². The lowest BCUT2D eigenvalue weighted by Gasteiger charge is -2.14. The van der Waals surface area contributed by atoms with Gasteiger partial charge in [0, 0.05) is 26.2 Å². The molecule has 32 heavy (non-hydrogen) atoms. The van der Waals surface area contributed by atoms with E-state index in [4.69, 9.17) is 44.3 Å². The number of methoxy groups -OCH3 is 1. The Morgan fingerprint density at radius 2 is 1.88 bits per heavy atom. The van der Waals surface area contributed by atoms with Gasteiger partial charge in [-0.25, -0.2) is 5.43 Å². The highest BCUT2D eigenvalue weighted by Crippen LogP contribution is 2.35. The lowest BCUT2D eigenvalue weighted by Crippen LogP contribution is -2.17. The number of ether oxygens (including phenoxy) is 2. The Balaban J connectivity index is 1.71. The van der Waals surface area contributed by atoms with E-state index in [2.05, 4.69) is 33.1 Å². The molecule has 0 unspecified atom stereocenters. The number of benzene rings is 3. The third-order valence-electron chi connectivity index (χ3n) is 4.45. The Labute approximate surface area is 214 Å². The molecule has 0 saturated heterocycles. The second-order valence-electron chi connectivity index (χ2n) is 6.72. The summed E-state index contributed by atoms with van der Waals surface area (Å²) in [7, 11) is 1.55. The number of aryl methyl sites for hydroxylation is 1. The zero-order valence-electron chi connectivity index (χ0n) is 17.1. The van der Waals surface area contributed by atoms with Crippen molar-refractivity contribution < 1.29 is 14.3 Å². The Kier molecular flexibility index (Phi) is 8.64. The zero-order chi connectivity index (χ0) is 23.3. The number of amides is 1. The molecular weight excluding hydrogens is 586 g/mol. The summed E-state index contributed by atoms with van der Waals surface area (Å²) in [6.07, 6.45) is 1.53. The van der Waals surface area contributed by atoms with Crippen molar-refractivity contribution in [3.05, 3.63) is 89.4 Å². The van der Waals surface area contributed by atoms with E-state index < -0.39 is 0 Å². The van der Waals surface area contributed by atoms with Gasteiger partial charge in [0.05, 0.1) is 16.9 Å². The summed E-state index contributed by atoms with van der Waals surface area (Å²) in [6, 6.07) is 13.9. The quantitative estimate of drug-likeness (QED) is 0.181. The lowest BCUT2D eigenvalue weighted by molar-refractivity contribution is 0.0955. The van der Waals surface area contributed by atoms with Crippen molar-refractivity contribution in [2.45, 2.75) is 13.5 Å². The molecule has 0 aliphatic rings. The first-order valence-electron chi connectivity index (χ1n) is 9.32. The Hall–Kier alpha value is -2.00. The molecule has 0 radical (unpaired) electrons. The predicted octanol–water partition coefficient (Wildman–Crippen LogP) is 6.91. The van der Waals surface area contributed by atoms with Crippen molar-refractivity contribution in [2.24, 2.45) is 5.10 Å². The van der Waals surface area contributed by atoms with Crippen LogP contribution in [0, 0.1) is 10.5 Å². The summed E-state index contributed by atoms with van der Waals surface area (Å²) in [5.41, 5.74) is 5.35. The van der Waals surface area contributed by atoms with Gasteiger partial charge in [-0.15, -0.1) is 0 Å². The first kappa shape index (κ1) is 24.6. The highest BCUT2D eigenvalue weighted by Gasteiger charge is 2.13. The van der Waals surface area contributed by atoms with Crippen molar-refractivity contribution in [1.29, 1.82) is 0 Å². The number of nitrogens with zero attached hydrogens (tertiary/aromatic N) is 1. The Bertz CT molecular complexity index is 1190. The molecule has 5 nitrogen and oxygen atoms in total. The molecule has 1 amide bonds. The highest BCUT2D eigenvalue weighted by molar-refractivity contribution is 14.1. The first-order chi connectivity index (χ1) is 15.3. The molecule has 0 atom stereocenters. The maximum absolute atomic E-state index is 12.3. The van der Waals surface area contributed by atoms with Crippen LogP contribution in [0.5, 0.6) is 11.5 Å². The van der Waals surface area contributed by atoms with Crippen molar-refractivity contribution in [1.82, 2.24) is 5.43 Å². The Morgan fingerprint density at radius 1 is 1.09 bits per heavy atom. The number of carbonyl (C=O) groups is 1. The molecule has 3 aromatic rings. The number of hydrazone groups is 1. The van der Waals surface area contributed by atoms with Crippen LogP contribution >= 0.6 is 57.4 Å². The monoisotopic (exact) mass is 602 g/mol. The minimum Gasteiger partial charge on any atom is -0.493 e. The van der Waals surface area contributed by atoms with Gasteiger partial charge < -0.3 is 9.47 Å². The van der Waals surface area contributed by atoms with Crippen LogP contribution in [0.4, 0.5) is 0 Å². The topological polar surface area (TPSA) is 59.9 Å². The van der Waals surface area contributed by atoms with Crippen LogP contribution in [-0.2, 0) is 6.61 Å². The zero-order valence-corrected chi connectivity index (χ0v) is 21.5. The molecule has 0 bridgehead atoms. The SMILES string of the molecule is COc1cc(/C=N\NC(=O)c2ccc(C)c(Cl)c2)cc(I)c1OCc1ccc(Cl)cc1Cl. The molecule has 1 N–H and O–H groups in total. The van der Waals surface area contributed by atoms with E-state index in [0.29, 0.717) is 32.1 Å². The molecule has 9 heteroatoms. The number of nitrogens with one attached hydrogen (secondary N) is 1. The molecule has 166 valence electrons. The first-order valence-corrected chi connectivity index (χ1v) is 11.5. The van der Waals surface area contributed by atoms with Crippen LogP contribution in [0.25, 0.3) is 0 Å². The van der Waals surface area contributed by atoms with E-state index in [-0.39, 0.29) is 12.5 Å². The average Bonchev–Trinajstić information content (AvgIpc) is 2.75.